The van der Waals surface area contributed by atoms with Crippen molar-refractivity contribution in [2.45, 2.75) is 44.7 Å². The summed E-state index contributed by atoms with van der Waals surface area (Å²) in [6.45, 7) is 3.06. The molecule has 2 atom stereocenters. The molecule has 25 heavy (non-hydrogen) atoms. The van der Waals surface area contributed by atoms with Gasteiger partial charge in [-0.3, -0.25) is 4.79 Å². The van der Waals surface area contributed by atoms with Gasteiger partial charge in [0, 0.05) is 17.3 Å². The maximum absolute atomic E-state index is 12.6. The summed E-state index contributed by atoms with van der Waals surface area (Å²) in [7, 11) is 0. The average Bonchev–Trinajstić information content (AvgIpc) is 3.08. The minimum atomic E-state index is -0.436. The van der Waals surface area contributed by atoms with Gasteiger partial charge in [-0.1, -0.05) is 18.9 Å². The molecule has 0 saturated heterocycles. The lowest BCUT2D eigenvalue weighted by Crippen LogP contribution is -2.51. The minimum Gasteiger partial charge on any atom is -0.492 e. The minimum absolute atomic E-state index is 0.00975. The first kappa shape index (κ1) is 17.4. The van der Waals surface area contributed by atoms with Gasteiger partial charge in [-0.2, -0.15) is 5.10 Å². The number of nitrogens with one attached hydrogen (secondary N) is 1. The summed E-state index contributed by atoms with van der Waals surface area (Å²) in [6, 6.07) is 7.42. The van der Waals surface area contributed by atoms with E-state index in [0.717, 1.165) is 31.4 Å². The molecule has 1 amide bonds. The van der Waals surface area contributed by atoms with E-state index in [4.69, 9.17) is 10.5 Å². The molecule has 3 rings (SSSR count). The van der Waals surface area contributed by atoms with Crippen molar-refractivity contribution in [3.63, 3.8) is 0 Å². The number of amides is 1. The van der Waals surface area contributed by atoms with Crippen molar-refractivity contribution in [3.8, 4) is 5.75 Å². The van der Waals surface area contributed by atoms with Crippen LogP contribution in [-0.2, 0) is 11.3 Å². The molecule has 134 valence electrons. The highest BCUT2D eigenvalue weighted by Crippen LogP contribution is 2.32. The first-order valence-corrected chi connectivity index (χ1v) is 8.70. The van der Waals surface area contributed by atoms with E-state index in [1.165, 1.54) is 6.33 Å². The lowest BCUT2D eigenvalue weighted by molar-refractivity contribution is -0.122. The quantitative estimate of drug-likeness (QED) is 0.838. The Labute approximate surface area is 147 Å². The first-order chi connectivity index (χ1) is 12.0. The second-order valence-corrected chi connectivity index (χ2v) is 6.83. The van der Waals surface area contributed by atoms with Crippen LogP contribution < -0.4 is 15.8 Å². The Hall–Kier alpha value is -2.41. The van der Waals surface area contributed by atoms with E-state index >= 15 is 0 Å². The summed E-state index contributed by atoms with van der Waals surface area (Å²) in [5.74, 6) is 0.541. The number of ether oxygens (including phenoxy) is 1. The normalized spacial score (nSPS) is 23.2. The number of rotatable bonds is 6. The van der Waals surface area contributed by atoms with Crippen LogP contribution in [0.2, 0.25) is 0 Å². The van der Waals surface area contributed by atoms with Crippen molar-refractivity contribution >= 4 is 11.6 Å². The molecule has 1 aromatic heterocycles. The lowest BCUT2D eigenvalue weighted by Gasteiger charge is -2.37. The summed E-state index contributed by atoms with van der Waals surface area (Å²) in [6.07, 6.45) is 7.01. The van der Waals surface area contributed by atoms with E-state index in [0.29, 0.717) is 18.9 Å². The Morgan fingerprint density at radius 3 is 3.12 bits per heavy atom. The highest BCUT2D eigenvalue weighted by molar-refractivity contribution is 5.93. The van der Waals surface area contributed by atoms with Crippen molar-refractivity contribution in [3.05, 3.63) is 36.9 Å². The number of nitrogens with two attached hydrogens (primary N) is 1. The molecule has 2 unspecified atom stereocenters. The molecule has 1 aliphatic rings. The van der Waals surface area contributed by atoms with E-state index < -0.39 is 5.54 Å². The van der Waals surface area contributed by atoms with E-state index in [1.54, 1.807) is 11.0 Å². The molecule has 7 heteroatoms. The molecule has 7 nitrogen and oxygen atoms in total. The summed E-state index contributed by atoms with van der Waals surface area (Å²) in [5.41, 5.74) is 6.61. The lowest BCUT2D eigenvalue weighted by atomic mass is 9.74. The summed E-state index contributed by atoms with van der Waals surface area (Å²) >= 11 is 0. The molecule has 1 heterocycles. The Morgan fingerprint density at radius 1 is 1.48 bits per heavy atom. The zero-order valence-corrected chi connectivity index (χ0v) is 14.5. The van der Waals surface area contributed by atoms with Crippen LogP contribution in [0.15, 0.2) is 36.9 Å². The number of benzene rings is 1. The van der Waals surface area contributed by atoms with Crippen LogP contribution in [0.3, 0.4) is 0 Å². The maximum Gasteiger partial charge on any atom is 0.229 e. The van der Waals surface area contributed by atoms with Gasteiger partial charge in [0.15, 0.2) is 0 Å². The SMILES string of the molecule is CC1(N)CCCCC1C(=O)Nc1cccc(OCCn2cncn2)c1. The molecule has 1 aliphatic carbocycles. The van der Waals surface area contributed by atoms with Crippen molar-refractivity contribution in [2.24, 2.45) is 11.7 Å². The Kier molecular flexibility index (Phi) is 5.33. The van der Waals surface area contributed by atoms with E-state index in [1.807, 2.05) is 31.2 Å². The number of carbonyl (C=O) groups is 1. The fourth-order valence-electron chi connectivity index (χ4n) is 3.29. The van der Waals surface area contributed by atoms with Crippen molar-refractivity contribution in [2.75, 3.05) is 11.9 Å². The summed E-state index contributed by atoms with van der Waals surface area (Å²) < 4.78 is 7.43. The topological polar surface area (TPSA) is 95.1 Å². The highest BCUT2D eigenvalue weighted by atomic mass is 16.5. The van der Waals surface area contributed by atoms with Crippen LogP contribution >= 0.6 is 0 Å². The number of aromatic nitrogens is 3. The maximum atomic E-state index is 12.6. The average molecular weight is 343 g/mol. The molecule has 0 aliphatic heterocycles. The van der Waals surface area contributed by atoms with Crippen LogP contribution in [0.4, 0.5) is 5.69 Å². The second-order valence-electron chi connectivity index (χ2n) is 6.83. The van der Waals surface area contributed by atoms with E-state index in [9.17, 15) is 4.79 Å². The van der Waals surface area contributed by atoms with E-state index in [2.05, 4.69) is 15.4 Å². The molecule has 3 N–H and O–H groups in total. The summed E-state index contributed by atoms with van der Waals surface area (Å²) in [4.78, 5) is 16.5. The van der Waals surface area contributed by atoms with Crippen LogP contribution in [0.1, 0.15) is 32.6 Å². The monoisotopic (exact) mass is 343 g/mol. The largest absolute Gasteiger partial charge is 0.492 e. The number of nitrogens with zero attached hydrogens (tertiary/aromatic N) is 3. The standard InChI is InChI=1S/C18H25N5O2/c1-18(19)8-3-2-7-16(18)17(24)22-14-5-4-6-15(11-14)25-10-9-23-13-20-12-21-23/h4-6,11-13,16H,2-3,7-10,19H2,1H3,(H,22,24). The zero-order chi connectivity index (χ0) is 17.7. The van der Waals surface area contributed by atoms with Crippen LogP contribution in [-0.4, -0.2) is 32.8 Å². The van der Waals surface area contributed by atoms with Crippen molar-refractivity contribution < 1.29 is 9.53 Å². The molecular formula is C18H25N5O2. The van der Waals surface area contributed by atoms with Gasteiger partial charge in [0.05, 0.1) is 12.5 Å². The van der Waals surface area contributed by atoms with Gasteiger partial charge in [0.1, 0.15) is 25.0 Å². The zero-order valence-electron chi connectivity index (χ0n) is 14.5. The fourth-order valence-corrected chi connectivity index (χ4v) is 3.29. The van der Waals surface area contributed by atoms with Gasteiger partial charge in [-0.05, 0) is 31.9 Å². The third-order valence-electron chi connectivity index (χ3n) is 4.73. The molecule has 0 bridgehead atoms. The smallest absolute Gasteiger partial charge is 0.229 e. The van der Waals surface area contributed by atoms with Gasteiger partial charge in [-0.15, -0.1) is 0 Å². The number of hydrogen-bond acceptors (Lipinski definition) is 5. The Morgan fingerprint density at radius 2 is 2.36 bits per heavy atom. The van der Waals surface area contributed by atoms with Gasteiger partial charge in [0.2, 0.25) is 5.91 Å². The highest BCUT2D eigenvalue weighted by Gasteiger charge is 2.37. The molecule has 2 aromatic rings. The number of hydrogen-bond donors (Lipinski definition) is 2. The van der Waals surface area contributed by atoms with Crippen molar-refractivity contribution in [1.82, 2.24) is 14.8 Å². The van der Waals surface area contributed by atoms with Crippen LogP contribution in [0.25, 0.3) is 0 Å². The molecule has 0 spiro atoms. The fraction of sp³-hybridized carbons (Fsp3) is 0.500. The van der Waals surface area contributed by atoms with Crippen LogP contribution in [0, 0.1) is 5.92 Å². The third kappa shape index (κ3) is 4.57. The Balaban J connectivity index is 1.56. The predicted molar refractivity (Wildman–Crippen MR) is 95.1 cm³/mol. The van der Waals surface area contributed by atoms with Crippen molar-refractivity contribution in [1.29, 1.82) is 0 Å². The summed E-state index contributed by atoms with van der Waals surface area (Å²) in [5, 5.41) is 7.01. The molecule has 1 saturated carbocycles. The van der Waals surface area contributed by atoms with E-state index in [-0.39, 0.29) is 11.8 Å². The molecular weight excluding hydrogens is 318 g/mol. The second kappa shape index (κ2) is 7.65. The van der Waals surface area contributed by atoms with Crippen LogP contribution in [0.5, 0.6) is 5.75 Å². The van der Waals surface area contributed by atoms with Gasteiger partial charge < -0.3 is 15.8 Å². The molecule has 1 fully saturated rings. The molecule has 1 aromatic carbocycles. The number of anilines is 1. The Bertz CT molecular complexity index is 699. The molecule has 0 radical (unpaired) electrons. The van der Waals surface area contributed by atoms with Gasteiger partial charge in [0.25, 0.3) is 0 Å². The van der Waals surface area contributed by atoms with Gasteiger partial charge in [-0.25, -0.2) is 9.67 Å². The predicted octanol–water partition coefficient (Wildman–Crippen LogP) is 2.20. The van der Waals surface area contributed by atoms with Gasteiger partial charge >= 0.3 is 0 Å². The third-order valence-corrected chi connectivity index (χ3v) is 4.73. The first-order valence-electron chi connectivity index (χ1n) is 8.70. The number of carbonyl (C=O) groups excluding carboxylic acids is 1.